The van der Waals surface area contributed by atoms with Crippen LogP contribution in [0.15, 0.2) is 46.3 Å². The summed E-state index contributed by atoms with van der Waals surface area (Å²) in [6.07, 6.45) is 1.20. The molecule has 2 rings (SSSR count). The molecule has 2 aromatic carbocycles. The van der Waals surface area contributed by atoms with E-state index >= 15 is 0 Å². The molecule has 0 heterocycles. The first-order valence-electron chi connectivity index (χ1n) is 8.81. The van der Waals surface area contributed by atoms with Crippen LogP contribution < -0.4 is 15.5 Å². The summed E-state index contributed by atoms with van der Waals surface area (Å²) in [7, 11) is 2.02. The molecule has 2 aromatic rings. The Kier molecular flexibility index (Phi) is 9.34. The lowest BCUT2D eigenvalue weighted by atomic mass is 10.1. The Morgan fingerprint density at radius 2 is 1.62 bits per heavy atom. The first-order valence-corrected chi connectivity index (χ1v) is 10.7. The Labute approximate surface area is 189 Å². The standard InChI is InChI=1S/C20H27FN4O2S.HI/c1-14-10-15(7-9-19(14)28(5,26)27)12-23-20(22-2)24-13-16-6-8-18(25(3)4)17(21)11-16;/h6-11H,12-13H2,1-5H3,(H2,22,23,24);1H. The molecule has 29 heavy (non-hydrogen) atoms. The van der Waals surface area contributed by atoms with Crippen LogP contribution in [0.2, 0.25) is 0 Å². The Balaban J connectivity index is 0.00000420. The van der Waals surface area contributed by atoms with Crippen LogP contribution >= 0.6 is 24.0 Å². The quantitative estimate of drug-likeness (QED) is 0.339. The highest BCUT2D eigenvalue weighted by Gasteiger charge is 2.11. The Morgan fingerprint density at radius 3 is 2.07 bits per heavy atom. The number of rotatable bonds is 6. The minimum atomic E-state index is -3.23. The zero-order chi connectivity index (χ0) is 20.9. The van der Waals surface area contributed by atoms with Crippen LogP contribution in [0.5, 0.6) is 0 Å². The van der Waals surface area contributed by atoms with E-state index in [0.717, 1.165) is 11.1 Å². The van der Waals surface area contributed by atoms with Crippen molar-refractivity contribution in [1.29, 1.82) is 0 Å². The van der Waals surface area contributed by atoms with E-state index in [1.165, 1.54) is 12.3 Å². The molecule has 160 valence electrons. The molecule has 0 spiro atoms. The number of guanidine groups is 1. The average molecular weight is 534 g/mol. The minimum absolute atomic E-state index is 0. The number of aliphatic imine (C=N–C) groups is 1. The summed E-state index contributed by atoms with van der Waals surface area (Å²) in [5, 5.41) is 6.32. The molecule has 0 bridgehead atoms. The van der Waals surface area contributed by atoms with Gasteiger partial charge in [-0.15, -0.1) is 24.0 Å². The SMILES string of the molecule is CN=C(NCc1ccc(S(C)(=O)=O)c(C)c1)NCc1ccc(N(C)C)c(F)c1.I. The Morgan fingerprint density at radius 1 is 1.07 bits per heavy atom. The van der Waals surface area contributed by atoms with E-state index < -0.39 is 9.84 Å². The predicted molar refractivity (Wildman–Crippen MR) is 127 cm³/mol. The average Bonchev–Trinajstić information content (AvgIpc) is 2.60. The van der Waals surface area contributed by atoms with Gasteiger partial charge in [-0.3, -0.25) is 4.99 Å². The molecule has 0 saturated carbocycles. The van der Waals surface area contributed by atoms with E-state index in [1.54, 1.807) is 51.2 Å². The zero-order valence-corrected chi connectivity index (χ0v) is 20.4. The van der Waals surface area contributed by atoms with Crippen molar-refractivity contribution >= 4 is 45.5 Å². The molecule has 0 aliphatic heterocycles. The van der Waals surface area contributed by atoms with Crippen molar-refractivity contribution in [2.24, 2.45) is 4.99 Å². The highest BCUT2D eigenvalue weighted by atomic mass is 127. The van der Waals surface area contributed by atoms with Gasteiger partial charge in [0.2, 0.25) is 0 Å². The molecule has 0 aromatic heterocycles. The predicted octanol–water partition coefficient (Wildman–Crippen LogP) is 3.09. The van der Waals surface area contributed by atoms with E-state index in [-0.39, 0.29) is 29.8 Å². The molecular weight excluding hydrogens is 506 g/mol. The zero-order valence-electron chi connectivity index (χ0n) is 17.3. The second-order valence-corrected chi connectivity index (χ2v) is 8.82. The van der Waals surface area contributed by atoms with Crippen LogP contribution in [0.25, 0.3) is 0 Å². The van der Waals surface area contributed by atoms with E-state index in [9.17, 15) is 12.8 Å². The number of halogens is 2. The van der Waals surface area contributed by atoms with Gasteiger partial charge in [-0.05, 0) is 41.8 Å². The third-order valence-corrected chi connectivity index (χ3v) is 5.53. The van der Waals surface area contributed by atoms with Crippen molar-refractivity contribution in [3.8, 4) is 0 Å². The summed E-state index contributed by atoms with van der Waals surface area (Å²) in [5.74, 6) is 0.302. The molecular formula is C20H28FIN4O2S. The largest absolute Gasteiger partial charge is 0.375 e. The lowest BCUT2D eigenvalue weighted by Crippen LogP contribution is -2.36. The van der Waals surface area contributed by atoms with Gasteiger partial charge in [0, 0.05) is 40.5 Å². The topological polar surface area (TPSA) is 73.8 Å². The Hall–Kier alpha value is -1.88. The summed E-state index contributed by atoms with van der Waals surface area (Å²) in [5.41, 5.74) is 2.99. The lowest BCUT2D eigenvalue weighted by Gasteiger charge is -2.16. The second kappa shape index (κ2) is 10.8. The van der Waals surface area contributed by atoms with Crippen LogP contribution in [-0.2, 0) is 22.9 Å². The van der Waals surface area contributed by atoms with Gasteiger partial charge in [0.25, 0.3) is 0 Å². The normalized spacial score (nSPS) is 11.6. The third kappa shape index (κ3) is 7.14. The number of sulfone groups is 1. The first kappa shape index (κ1) is 25.2. The molecule has 0 fully saturated rings. The third-order valence-electron chi connectivity index (χ3n) is 4.28. The van der Waals surface area contributed by atoms with Gasteiger partial charge in [0.05, 0.1) is 10.6 Å². The number of nitrogens with one attached hydrogen (secondary N) is 2. The van der Waals surface area contributed by atoms with Crippen molar-refractivity contribution in [2.75, 3.05) is 32.3 Å². The number of hydrogen-bond acceptors (Lipinski definition) is 4. The highest BCUT2D eigenvalue weighted by molar-refractivity contribution is 14.0. The second-order valence-electron chi connectivity index (χ2n) is 6.83. The van der Waals surface area contributed by atoms with Crippen LogP contribution in [-0.4, -0.2) is 41.8 Å². The lowest BCUT2D eigenvalue weighted by molar-refractivity contribution is 0.601. The number of anilines is 1. The number of benzene rings is 2. The van der Waals surface area contributed by atoms with Gasteiger partial charge in [-0.1, -0.05) is 18.2 Å². The molecule has 6 nitrogen and oxygen atoms in total. The van der Waals surface area contributed by atoms with Gasteiger partial charge in [-0.2, -0.15) is 0 Å². The maximum absolute atomic E-state index is 14.1. The molecule has 2 N–H and O–H groups in total. The van der Waals surface area contributed by atoms with Gasteiger partial charge in [-0.25, -0.2) is 12.8 Å². The van der Waals surface area contributed by atoms with E-state index in [2.05, 4.69) is 15.6 Å². The summed E-state index contributed by atoms with van der Waals surface area (Å²) in [6, 6.07) is 10.3. The molecule has 0 amide bonds. The molecule has 0 unspecified atom stereocenters. The summed E-state index contributed by atoms with van der Waals surface area (Å²) < 4.78 is 37.5. The van der Waals surface area contributed by atoms with Crippen LogP contribution in [0, 0.1) is 12.7 Å². The molecule has 0 atom stereocenters. The monoisotopic (exact) mass is 534 g/mol. The van der Waals surface area contributed by atoms with Gasteiger partial charge in [0.1, 0.15) is 5.82 Å². The van der Waals surface area contributed by atoms with E-state index in [0.29, 0.717) is 35.2 Å². The van der Waals surface area contributed by atoms with Crippen LogP contribution in [0.1, 0.15) is 16.7 Å². The first-order chi connectivity index (χ1) is 13.1. The van der Waals surface area contributed by atoms with Crippen molar-refractivity contribution in [3.05, 3.63) is 58.9 Å². The maximum atomic E-state index is 14.1. The van der Waals surface area contributed by atoms with Crippen molar-refractivity contribution in [3.63, 3.8) is 0 Å². The van der Waals surface area contributed by atoms with Gasteiger partial charge >= 0.3 is 0 Å². The smallest absolute Gasteiger partial charge is 0.191 e. The van der Waals surface area contributed by atoms with E-state index in [1.807, 2.05) is 12.1 Å². The van der Waals surface area contributed by atoms with Gasteiger partial charge < -0.3 is 15.5 Å². The number of nitrogens with zero attached hydrogens (tertiary/aromatic N) is 2. The van der Waals surface area contributed by atoms with Crippen LogP contribution in [0.4, 0.5) is 10.1 Å². The van der Waals surface area contributed by atoms with Crippen molar-refractivity contribution in [1.82, 2.24) is 10.6 Å². The summed E-state index contributed by atoms with van der Waals surface area (Å²) in [6.45, 7) is 2.69. The fourth-order valence-corrected chi connectivity index (χ4v) is 3.81. The Bertz CT molecular complexity index is 978. The number of aryl methyl sites for hydroxylation is 1. The fourth-order valence-electron chi connectivity index (χ4n) is 2.85. The van der Waals surface area contributed by atoms with Crippen LogP contribution in [0.3, 0.4) is 0 Å². The molecule has 0 radical (unpaired) electrons. The molecule has 0 aliphatic carbocycles. The van der Waals surface area contributed by atoms with Gasteiger partial charge in [0.15, 0.2) is 15.8 Å². The minimum Gasteiger partial charge on any atom is -0.375 e. The fraction of sp³-hybridized carbons (Fsp3) is 0.350. The highest BCUT2D eigenvalue weighted by Crippen LogP contribution is 2.18. The maximum Gasteiger partial charge on any atom is 0.191 e. The summed E-state index contributed by atoms with van der Waals surface area (Å²) in [4.78, 5) is 6.22. The van der Waals surface area contributed by atoms with E-state index in [4.69, 9.17) is 0 Å². The number of hydrogen-bond donors (Lipinski definition) is 2. The molecule has 9 heteroatoms. The van der Waals surface area contributed by atoms with Crippen molar-refractivity contribution in [2.45, 2.75) is 24.9 Å². The van der Waals surface area contributed by atoms with Crippen molar-refractivity contribution < 1.29 is 12.8 Å². The summed E-state index contributed by atoms with van der Waals surface area (Å²) >= 11 is 0. The molecule has 0 saturated heterocycles. The molecule has 0 aliphatic rings.